The van der Waals surface area contributed by atoms with Gasteiger partial charge in [0, 0.05) is 26.1 Å². The Bertz CT molecular complexity index is 542. The van der Waals surface area contributed by atoms with Gasteiger partial charge in [0.05, 0.1) is 5.70 Å². The summed E-state index contributed by atoms with van der Waals surface area (Å²) in [5.41, 5.74) is 5.61. The van der Waals surface area contributed by atoms with E-state index >= 15 is 0 Å². The van der Waals surface area contributed by atoms with Crippen LogP contribution in [0.5, 0.6) is 0 Å². The van der Waals surface area contributed by atoms with Crippen LogP contribution in [-0.2, 0) is 9.53 Å². The number of ether oxygens (including phenoxy) is 1. The summed E-state index contributed by atoms with van der Waals surface area (Å²) in [6, 6.07) is -0.492. The van der Waals surface area contributed by atoms with Crippen LogP contribution < -0.4 is 11.1 Å². The first-order chi connectivity index (χ1) is 9.60. The van der Waals surface area contributed by atoms with Crippen molar-refractivity contribution in [1.29, 1.82) is 0 Å². The van der Waals surface area contributed by atoms with Gasteiger partial charge in [0.2, 0.25) is 5.91 Å². The maximum absolute atomic E-state index is 13.3. The van der Waals surface area contributed by atoms with Gasteiger partial charge >= 0.3 is 0 Å². The van der Waals surface area contributed by atoms with Crippen molar-refractivity contribution in [3.63, 3.8) is 0 Å². The third-order valence-corrected chi connectivity index (χ3v) is 2.99. The predicted molar refractivity (Wildman–Crippen MR) is 73.5 cm³/mol. The van der Waals surface area contributed by atoms with E-state index in [2.05, 4.69) is 22.2 Å². The Morgan fingerprint density at radius 3 is 3.15 bits per heavy atom. The SMILES string of the molecule is CNC(=O)C1CC(OC2C#CC(F)C(N)=CC2)=CC=N1. The van der Waals surface area contributed by atoms with Gasteiger partial charge in [0.1, 0.15) is 11.8 Å². The molecule has 3 atom stereocenters. The molecule has 3 unspecified atom stereocenters. The van der Waals surface area contributed by atoms with Crippen molar-refractivity contribution in [1.82, 2.24) is 5.32 Å². The van der Waals surface area contributed by atoms with E-state index in [0.717, 1.165) is 0 Å². The second kappa shape index (κ2) is 6.24. The maximum atomic E-state index is 13.3. The van der Waals surface area contributed by atoms with E-state index in [4.69, 9.17) is 10.5 Å². The van der Waals surface area contributed by atoms with E-state index in [1.54, 1.807) is 19.2 Å². The molecule has 0 aromatic heterocycles. The molecule has 2 aliphatic rings. The van der Waals surface area contributed by atoms with Crippen molar-refractivity contribution in [2.45, 2.75) is 31.2 Å². The molecule has 0 aromatic rings. The van der Waals surface area contributed by atoms with Crippen LogP contribution in [0.25, 0.3) is 0 Å². The number of carbonyl (C=O) groups excluding carboxylic acids is 1. The molecule has 20 heavy (non-hydrogen) atoms. The van der Waals surface area contributed by atoms with E-state index in [9.17, 15) is 9.18 Å². The number of alkyl halides is 1. The highest BCUT2D eigenvalue weighted by Gasteiger charge is 2.22. The molecule has 0 radical (unpaired) electrons. The summed E-state index contributed by atoms with van der Waals surface area (Å²) >= 11 is 0. The molecule has 0 aromatic carbocycles. The van der Waals surface area contributed by atoms with Crippen LogP contribution in [-0.4, -0.2) is 37.5 Å². The fourth-order valence-electron chi connectivity index (χ4n) is 1.87. The van der Waals surface area contributed by atoms with Crippen molar-refractivity contribution in [3.8, 4) is 11.8 Å². The third-order valence-electron chi connectivity index (χ3n) is 2.99. The fraction of sp³-hybridized carbons (Fsp3) is 0.429. The van der Waals surface area contributed by atoms with Crippen LogP contribution in [0, 0.1) is 11.8 Å². The average Bonchev–Trinajstić information content (AvgIpc) is 2.62. The van der Waals surface area contributed by atoms with Crippen LogP contribution >= 0.6 is 0 Å². The largest absolute Gasteiger partial charge is 0.482 e. The van der Waals surface area contributed by atoms with Crippen LogP contribution in [0.3, 0.4) is 0 Å². The molecule has 3 N–H and O–H groups in total. The Labute approximate surface area is 116 Å². The zero-order chi connectivity index (χ0) is 14.5. The number of rotatable bonds is 3. The molecule has 0 spiro atoms. The van der Waals surface area contributed by atoms with Gasteiger partial charge in [0.25, 0.3) is 0 Å². The first kappa shape index (κ1) is 14.1. The number of hydrogen-bond acceptors (Lipinski definition) is 4. The van der Waals surface area contributed by atoms with Crippen LogP contribution in [0.1, 0.15) is 12.8 Å². The highest BCUT2D eigenvalue weighted by Crippen LogP contribution is 2.18. The van der Waals surface area contributed by atoms with Gasteiger partial charge in [-0.15, -0.1) is 0 Å². The summed E-state index contributed by atoms with van der Waals surface area (Å²) < 4.78 is 19.0. The number of nitrogens with one attached hydrogen (secondary N) is 1. The minimum atomic E-state index is -1.44. The van der Waals surface area contributed by atoms with E-state index in [-0.39, 0.29) is 11.6 Å². The number of hydrogen-bond donors (Lipinski definition) is 2. The normalized spacial score (nSPS) is 28.4. The Balaban J connectivity index is 1.99. The summed E-state index contributed by atoms with van der Waals surface area (Å²) in [6.45, 7) is 0. The highest BCUT2D eigenvalue weighted by molar-refractivity contribution is 5.86. The van der Waals surface area contributed by atoms with Crippen molar-refractivity contribution < 1.29 is 13.9 Å². The van der Waals surface area contributed by atoms with Gasteiger partial charge in [0.15, 0.2) is 12.3 Å². The molecular weight excluding hydrogens is 261 g/mol. The van der Waals surface area contributed by atoms with Crippen molar-refractivity contribution in [2.24, 2.45) is 10.7 Å². The first-order valence-corrected chi connectivity index (χ1v) is 6.31. The zero-order valence-corrected chi connectivity index (χ0v) is 11.1. The van der Waals surface area contributed by atoms with Crippen LogP contribution in [0.2, 0.25) is 0 Å². The van der Waals surface area contributed by atoms with Gasteiger partial charge in [-0.05, 0) is 6.08 Å². The fourth-order valence-corrected chi connectivity index (χ4v) is 1.87. The molecule has 0 bridgehead atoms. The topological polar surface area (TPSA) is 76.7 Å². The molecule has 2 rings (SSSR count). The predicted octanol–water partition coefficient (Wildman–Crippen LogP) is 0.432. The Morgan fingerprint density at radius 2 is 2.40 bits per heavy atom. The second-order valence-corrected chi connectivity index (χ2v) is 4.46. The Hall–Kier alpha value is -2.29. The quantitative estimate of drug-likeness (QED) is 0.735. The second-order valence-electron chi connectivity index (χ2n) is 4.46. The van der Waals surface area contributed by atoms with Gasteiger partial charge in [-0.1, -0.05) is 17.9 Å². The highest BCUT2D eigenvalue weighted by atomic mass is 19.1. The number of halogens is 1. The summed E-state index contributed by atoms with van der Waals surface area (Å²) in [6.07, 6.45) is 3.67. The summed E-state index contributed by atoms with van der Waals surface area (Å²) in [7, 11) is 1.56. The molecule has 5 nitrogen and oxygen atoms in total. The van der Waals surface area contributed by atoms with Crippen molar-refractivity contribution in [2.75, 3.05) is 7.05 Å². The molecule has 6 heteroatoms. The number of dihydropyridines is 1. The zero-order valence-electron chi connectivity index (χ0n) is 11.1. The number of carbonyl (C=O) groups is 1. The number of nitrogens with zero attached hydrogens (tertiary/aromatic N) is 1. The minimum Gasteiger partial charge on any atom is -0.482 e. The third kappa shape index (κ3) is 3.38. The molecule has 106 valence electrons. The maximum Gasteiger partial charge on any atom is 0.244 e. The summed E-state index contributed by atoms with van der Waals surface area (Å²) in [5.74, 6) is 5.54. The molecule has 1 aliphatic heterocycles. The molecule has 1 heterocycles. The molecule has 1 aliphatic carbocycles. The number of allylic oxidation sites excluding steroid dienone is 2. The lowest BCUT2D eigenvalue weighted by Crippen LogP contribution is -2.32. The number of likely N-dealkylation sites (N-methyl/N-ethyl adjacent to an activating group) is 1. The van der Waals surface area contributed by atoms with E-state index in [1.807, 2.05) is 0 Å². The molecule has 1 amide bonds. The molecular formula is C14H16FN3O2. The number of amides is 1. The van der Waals surface area contributed by atoms with E-state index in [1.165, 1.54) is 6.21 Å². The molecule has 0 saturated heterocycles. The lowest BCUT2D eigenvalue weighted by Gasteiger charge is -2.20. The average molecular weight is 277 g/mol. The van der Waals surface area contributed by atoms with Gasteiger partial charge < -0.3 is 15.8 Å². The van der Waals surface area contributed by atoms with Crippen molar-refractivity contribution in [3.05, 3.63) is 23.6 Å². The summed E-state index contributed by atoms with van der Waals surface area (Å²) in [4.78, 5) is 15.6. The standard InChI is InChI=1S/C14H16FN3O2/c1-17-14(19)13-8-10(6-7-18-13)20-9-2-4-11(15)12(16)5-3-9/h5-7,9,11,13H,3,8,16H2,1H3,(H,17,19). The number of nitrogens with two attached hydrogens (primary N) is 1. The van der Waals surface area contributed by atoms with Gasteiger partial charge in [-0.25, -0.2) is 4.39 Å². The van der Waals surface area contributed by atoms with Crippen molar-refractivity contribution >= 4 is 12.1 Å². The van der Waals surface area contributed by atoms with E-state index < -0.39 is 18.3 Å². The Kier molecular flexibility index (Phi) is 4.41. The van der Waals surface area contributed by atoms with E-state index in [0.29, 0.717) is 18.6 Å². The number of aliphatic imine (C=N–C) groups is 1. The van der Waals surface area contributed by atoms with Gasteiger partial charge in [-0.3, -0.25) is 9.79 Å². The lowest BCUT2D eigenvalue weighted by atomic mass is 10.1. The lowest BCUT2D eigenvalue weighted by molar-refractivity contribution is -0.122. The first-order valence-electron chi connectivity index (χ1n) is 6.31. The van der Waals surface area contributed by atoms with Crippen LogP contribution in [0.15, 0.2) is 28.6 Å². The molecule has 0 fully saturated rings. The smallest absolute Gasteiger partial charge is 0.244 e. The monoisotopic (exact) mass is 277 g/mol. The van der Waals surface area contributed by atoms with Gasteiger partial charge in [-0.2, -0.15) is 0 Å². The molecule has 0 saturated carbocycles. The summed E-state index contributed by atoms with van der Waals surface area (Å²) in [5, 5.41) is 2.54. The van der Waals surface area contributed by atoms with Crippen LogP contribution in [0.4, 0.5) is 4.39 Å². The minimum absolute atomic E-state index is 0.117. The Morgan fingerprint density at radius 1 is 1.60 bits per heavy atom.